The first kappa shape index (κ1) is 22.4. The zero-order valence-corrected chi connectivity index (χ0v) is 18.9. The topological polar surface area (TPSA) is 101 Å². The van der Waals surface area contributed by atoms with E-state index in [1.54, 1.807) is 25.7 Å². The van der Waals surface area contributed by atoms with Crippen LogP contribution in [0.2, 0.25) is 0 Å². The maximum Gasteiger partial charge on any atom is 0.310 e. The van der Waals surface area contributed by atoms with E-state index < -0.39 is 28.8 Å². The number of hydrogen-bond donors (Lipinski definition) is 0. The highest BCUT2D eigenvalue weighted by molar-refractivity contribution is 5.81. The van der Waals surface area contributed by atoms with E-state index in [2.05, 4.69) is 0 Å². The van der Waals surface area contributed by atoms with Gasteiger partial charge in [0.2, 0.25) is 0 Å². The quantitative estimate of drug-likeness (QED) is 0.483. The molecule has 0 radical (unpaired) electrons. The molecule has 8 heteroatoms. The average molecular weight is 446 g/mol. The number of esters is 3. The third-order valence-electron chi connectivity index (χ3n) is 7.73. The molecule has 1 aliphatic heterocycles. The molecule has 0 N–H and O–H groups in total. The van der Waals surface area contributed by atoms with Gasteiger partial charge >= 0.3 is 17.9 Å². The first-order valence-electron chi connectivity index (χ1n) is 11.0. The largest absolute Gasteiger partial charge is 0.501 e. The third kappa shape index (κ3) is 3.40. The lowest BCUT2D eigenvalue weighted by Crippen LogP contribution is -2.62. The molecule has 0 bridgehead atoms. The van der Waals surface area contributed by atoms with Gasteiger partial charge in [-0.05, 0) is 43.2 Å². The average Bonchev–Trinajstić information content (AvgIpc) is 3.28. The molecule has 3 aliphatic rings. The van der Waals surface area contributed by atoms with Crippen LogP contribution in [0.4, 0.5) is 0 Å². The van der Waals surface area contributed by atoms with Gasteiger partial charge in [-0.1, -0.05) is 6.92 Å². The second kappa shape index (κ2) is 8.30. The number of carbonyl (C=O) groups is 3. The molecule has 1 aromatic heterocycles. The minimum atomic E-state index is -0.682. The highest BCUT2D eigenvalue weighted by Crippen LogP contribution is 2.67. The van der Waals surface area contributed by atoms with Crippen molar-refractivity contribution in [2.45, 2.75) is 45.6 Å². The van der Waals surface area contributed by atoms with Crippen LogP contribution in [0.25, 0.3) is 0 Å². The molecular weight excluding hydrogens is 416 g/mol. The summed E-state index contributed by atoms with van der Waals surface area (Å²) in [7, 11) is 2.98. The Balaban J connectivity index is 1.72. The first-order valence-corrected chi connectivity index (χ1v) is 11.0. The number of fused-ring (bicyclic) bond motifs is 1. The fraction of sp³-hybridized carbons (Fsp3) is 0.625. The van der Waals surface area contributed by atoms with Crippen LogP contribution >= 0.6 is 0 Å². The van der Waals surface area contributed by atoms with Crippen LogP contribution in [0.15, 0.2) is 34.8 Å². The smallest absolute Gasteiger partial charge is 0.310 e. The molecule has 1 saturated heterocycles. The van der Waals surface area contributed by atoms with Gasteiger partial charge in [-0.2, -0.15) is 0 Å². The molecule has 4 rings (SSSR count). The Hall–Kier alpha value is -2.77. The van der Waals surface area contributed by atoms with Gasteiger partial charge in [-0.25, -0.2) is 0 Å². The fourth-order valence-corrected chi connectivity index (χ4v) is 6.34. The number of allylic oxidation sites excluding steroid dienone is 2. The molecule has 174 valence electrons. The molecule has 2 heterocycles. The lowest BCUT2D eigenvalue weighted by Gasteiger charge is -2.61. The molecule has 1 saturated carbocycles. The van der Waals surface area contributed by atoms with Crippen LogP contribution in [0.3, 0.4) is 0 Å². The normalized spacial score (nSPS) is 35.8. The van der Waals surface area contributed by atoms with E-state index in [0.29, 0.717) is 25.7 Å². The van der Waals surface area contributed by atoms with E-state index in [1.807, 2.05) is 13.0 Å². The van der Waals surface area contributed by atoms with Gasteiger partial charge in [0.25, 0.3) is 0 Å². The van der Waals surface area contributed by atoms with Crippen molar-refractivity contribution in [1.29, 1.82) is 0 Å². The SMILES string of the molecule is COC(=O)[C@@H]1[C@@]2(C)C[C@@H](c3ccoc3)OC(=O)[C@@H]2CC[C@]12C=C(OC)[C@@H]2CCOC(C)=O. The Labute approximate surface area is 187 Å². The van der Waals surface area contributed by atoms with Crippen molar-refractivity contribution in [3.8, 4) is 0 Å². The van der Waals surface area contributed by atoms with Gasteiger partial charge in [0.05, 0.1) is 50.9 Å². The summed E-state index contributed by atoms with van der Waals surface area (Å²) in [6, 6.07) is 1.78. The minimum Gasteiger partial charge on any atom is -0.501 e. The van der Waals surface area contributed by atoms with Crippen molar-refractivity contribution in [3.05, 3.63) is 36.0 Å². The number of methoxy groups -OCH3 is 2. The van der Waals surface area contributed by atoms with E-state index in [1.165, 1.54) is 14.0 Å². The summed E-state index contributed by atoms with van der Waals surface area (Å²) in [6.07, 6.45) is 6.87. The number of rotatable bonds is 6. The number of carbonyl (C=O) groups excluding carboxylic acids is 3. The number of ether oxygens (including phenoxy) is 4. The first-order chi connectivity index (χ1) is 15.3. The zero-order chi connectivity index (χ0) is 23.1. The minimum absolute atomic E-state index is 0.112. The molecule has 8 nitrogen and oxygen atoms in total. The van der Waals surface area contributed by atoms with Gasteiger partial charge in [0.15, 0.2) is 0 Å². The zero-order valence-electron chi connectivity index (χ0n) is 18.9. The molecule has 0 unspecified atom stereocenters. The Bertz CT molecular complexity index is 918. The predicted octanol–water partition coefficient (Wildman–Crippen LogP) is 3.57. The predicted molar refractivity (Wildman–Crippen MR) is 111 cm³/mol. The van der Waals surface area contributed by atoms with Crippen LogP contribution in [-0.4, -0.2) is 38.7 Å². The van der Waals surface area contributed by atoms with Crippen molar-refractivity contribution in [2.24, 2.45) is 28.6 Å². The lowest BCUT2D eigenvalue weighted by molar-refractivity contribution is -0.204. The standard InChI is InChI=1S/C24H30O8/c1-14(25)31-10-7-16-19(28-3)12-24(16)8-5-17-21(26)32-18(15-6-9-30-13-15)11-23(17,2)20(24)22(27)29-4/h6,9,12-13,16-18,20H,5,7-8,10-11H2,1-4H3/t16-,17-,18-,20+,23-,24+/m0/s1. The second-order valence-electron chi connectivity index (χ2n) is 9.28. The monoisotopic (exact) mass is 446 g/mol. The fourth-order valence-electron chi connectivity index (χ4n) is 6.34. The van der Waals surface area contributed by atoms with Gasteiger partial charge < -0.3 is 23.4 Å². The Morgan fingerprint density at radius 1 is 1.28 bits per heavy atom. The lowest BCUT2D eigenvalue weighted by atomic mass is 9.42. The highest BCUT2D eigenvalue weighted by atomic mass is 16.5. The second-order valence-corrected chi connectivity index (χ2v) is 9.28. The Kier molecular flexibility index (Phi) is 5.81. The van der Waals surface area contributed by atoms with Gasteiger partial charge in [0, 0.05) is 23.8 Å². The van der Waals surface area contributed by atoms with Gasteiger partial charge in [-0.3, -0.25) is 14.4 Å². The van der Waals surface area contributed by atoms with Crippen LogP contribution < -0.4 is 0 Å². The van der Waals surface area contributed by atoms with Gasteiger partial charge in [0.1, 0.15) is 6.10 Å². The summed E-state index contributed by atoms with van der Waals surface area (Å²) in [6.45, 7) is 3.60. The molecule has 0 aromatic carbocycles. The summed E-state index contributed by atoms with van der Waals surface area (Å²) in [5.41, 5.74) is -0.449. The third-order valence-corrected chi connectivity index (χ3v) is 7.73. The summed E-state index contributed by atoms with van der Waals surface area (Å²) in [5, 5.41) is 0. The van der Waals surface area contributed by atoms with Crippen LogP contribution in [-0.2, 0) is 33.3 Å². The number of furan rings is 1. The molecule has 0 amide bonds. The highest BCUT2D eigenvalue weighted by Gasteiger charge is 2.68. The van der Waals surface area contributed by atoms with Crippen LogP contribution in [0.1, 0.15) is 51.2 Å². The molecule has 2 aliphatic carbocycles. The summed E-state index contributed by atoms with van der Waals surface area (Å²) < 4.78 is 27.0. The van der Waals surface area contributed by atoms with Gasteiger partial charge in [-0.15, -0.1) is 0 Å². The maximum atomic E-state index is 13.3. The van der Waals surface area contributed by atoms with Crippen molar-refractivity contribution >= 4 is 17.9 Å². The van der Waals surface area contributed by atoms with E-state index >= 15 is 0 Å². The molecule has 6 atom stereocenters. The molecule has 32 heavy (non-hydrogen) atoms. The summed E-state index contributed by atoms with van der Waals surface area (Å²) >= 11 is 0. The van der Waals surface area contributed by atoms with E-state index in [-0.39, 0.29) is 30.4 Å². The summed E-state index contributed by atoms with van der Waals surface area (Å²) in [5.74, 6) is -1.30. The van der Waals surface area contributed by atoms with E-state index in [4.69, 9.17) is 23.4 Å². The van der Waals surface area contributed by atoms with Crippen molar-refractivity contribution in [3.63, 3.8) is 0 Å². The number of cyclic esters (lactones) is 1. The molecule has 1 aromatic rings. The molecule has 1 spiro atoms. The molecule has 2 fully saturated rings. The van der Waals surface area contributed by atoms with Crippen LogP contribution in [0, 0.1) is 28.6 Å². The van der Waals surface area contributed by atoms with Crippen molar-refractivity contribution in [2.75, 3.05) is 20.8 Å². The van der Waals surface area contributed by atoms with Crippen LogP contribution in [0.5, 0.6) is 0 Å². The van der Waals surface area contributed by atoms with Crippen molar-refractivity contribution in [1.82, 2.24) is 0 Å². The van der Waals surface area contributed by atoms with E-state index in [9.17, 15) is 14.4 Å². The number of hydrogen-bond acceptors (Lipinski definition) is 8. The van der Waals surface area contributed by atoms with E-state index in [0.717, 1.165) is 11.3 Å². The van der Waals surface area contributed by atoms with Crippen molar-refractivity contribution < 1.29 is 37.7 Å². The Morgan fingerprint density at radius 3 is 2.69 bits per heavy atom. The summed E-state index contributed by atoms with van der Waals surface area (Å²) in [4.78, 5) is 37.7. The molecular formula is C24H30O8. The Morgan fingerprint density at radius 2 is 2.06 bits per heavy atom. The maximum absolute atomic E-state index is 13.3.